The zero-order valence-electron chi connectivity index (χ0n) is 8.43. The van der Waals surface area contributed by atoms with Gasteiger partial charge >= 0.3 is 0 Å². The van der Waals surface area contributed by atoms with E-state index in [9.17, 15) is 0 Å². The normalized spacial score (nSPS) is 12.5. The number of nitrogens with two attached hydrogens (primary N) is 1. The minimum absolute atomic E-state index is 0.293. The molecular formula is C9H15N3O2. The molecule has 2 N–H and O–H groups in total. The zero-order chi connectivity index (χ0) is 10.4. The lowest BCUT2D eigenvalue weighted by Crippen LogP contribution is -2.19. The molecular weight excluding hydrogens is 182 g/mol. The van der Waals surface area contributed by atoms with Gasteiger partial charge in [0.25, 0.3) is 0 Å². The summed E-state index contributed by atoms with van der Waals surface area (Å²) in [5.74, 6) is 0.458. The zero-order valence-corrected chi connectivity index (χ0v) is 8.43. The number of hydrogen-bond donors (Lipinski definition) is 1. The molecule has 1 rings (SSSR count). The van der Waals surface area contributed by atoms with Crippen LogP contribution in [0.2, 0.25) is 0 Å². The summed E-state index contributed by atoms with van der Waals surface area (Å²) in [6.45, 7) is 2.97. The Morgan fingerprint density at radius 3 is 2.79 bits per heavy atom. The second-order valence-electron chi connectivity index (χ2n) is 2.72. The van der Waals surface area contributed by atoms with E-state index in [1.54, 1.807) is 19.5 Å². The van der Waals surface area contributed by atoms with E-state index >= 15 is 0 Å². The van der Waals surface area contributed by atoms with Gasteiger partial charge in [-0.1, -0.05) is 0 Å². The predicted molar refractivity (Wildman–Crippen MR) is 52.0 cm³/mol. The van der Waals surface area contributed by atoms with Crippen LogP contribution in [0.3, 0.4) is 0 Å². The van der Waals surface area contributed by atoms with Crippen molar-refractivity contribution in [3.63, 3.8) is 0 Å². The molecule has 5 heteroatoms. The van der Waals surface area contributed by atoms with E-state index in [-0.39, 0.29) is 6.04 Å². The molecule has 5 nitrogen and oxygen atoms in total. The van der Waals surface area contributed by atoms with Crippen molar-refractivity contribution in [1.29, 1.82) is 0 Å². The first-order valence-corrected chi connectivity index (χ1v) is 4.47. The molecule has 1 atom stereocenters. The number of hydrogen-bond acceptors (Lipinski definition) is 5. The monoisotopic (exact) mass is 197 g/mol. The lowest BCUT2D eigenvalue weighted by Gasteiger charge is -2.12. The van der Waals surface area contributed by atoms with Crippen molar-refractivity contribution in [1.82, 2.24) is 9.97 Å². The highest BCUT2D eigenvalue weighted by molar-refractivity contribution is 5.20. The van der Waals surface area contributed by atoms with Gasteiger partial charge in [-0.2, -0.15) is 0 Å². The van der Waals surface area contributed by atoms with Gasteiger partial charge in [0.15, 0.2) is 0 Å². The predicted octanol–water partition coefficient (Wildman–Crippen LogP) is 0.521. The van der Waals surface area contributed by atoms with E-state index in [0.717, 1.165) is 0 Å². The Hall–Kier alpha value is -1.20. The molecule has 1 aromatic rings. The number of ether oxygens (including phenoxy) is 2. The molecule has 78 valence electrons. The minimum atomic E-state index is -0.293. The smallest absolute Gasteiger partial charge is 0.237 e. The second-order valence-corrected chi connectivity index (χ2v) is 2.72. The minimum Gasteiger partial charge on any atom is -0.480 e. The number of rotatable bonds is 5. The summed E-state index contributed by atoms with van der Waals surface area (Å²) in [5.41, 5.74) is 6.48. The van der Waals surface area contributed by atoms with Crippen molar-refractivity contribution in [2.75, 3.05) is 20.3 Å². The van der Waals surface area contributed by atoms with E-state index in [4.69, 9.17) is 15.2 Å². The highest BCUT2D eigenvalue weighted by Gasteiger charge is 2.13. The quantitative estimate of drug-likeness (QED) is 0.745. The Kier molecular flexibility index (Phi) is 4.28. The second kappa shape index (κ2) is 5.51. The van der Waals surface area contributed by atoms with E-state index in [0.29, 0.717) is 24.8 Å². The van der Waals surface area contributed by atoms with Crippen LogP contribution in [-0.2, 0) is 4.74 Å². The van der Waals surface area contributed by atoms with Crippen LogP contribution in [0.15, 0.2) is 12.4 Å². The summed E-state index contributed by atoms with van der Waals surface area (Å²) in [6.07, 6.45) is 3.15. The van der Waals surface area contributed by atoms with Gasteiger partial charge in [-0.15, -0.1) is 0 Å². The molecule has 0 saturated carbocycles. The number of methoxy groups -OCH3 is 1. The first-order chi connectivity index (χ1) is 6.79. The third-order valence-electron chi connectivity index (χ3n) is 1.74. The molecule has 1 aromatic heterocycles. The van der Waals surface area contributed by atoms with Crippen LogP contribution in [-0.4, -0.2) is 30.3 Å². The topological polar surface area (TPSA) is 70.3 Å². The van der Waals surface area contributed by atoms with Gasteiger partial charge in [-0.25, -0.2) is 4.98 Å². The van der Waals surface area contributed by atoms with Crippen LogP contribution >= 0.6 is 0 Å². The van der Waals surface area contributed by atoms with E-state index in [2.05, 4.69) is 9.97 Å². The molecule has 0 radical (unpaired) electrons. The van der Waals surface area contributed by atoms with Crippen molar-refractivity contribution < 1.29 is 9.47 Å². The molecule has 0 spiro atoms. The van der Waals surface area contributed by atoms with Crippen LogP contribution < -0.4 is 10.5 Å². The van der Waals surface area contributed by atoms with E-state index in [1.165, 1.54) is 0 Å². The Bertz CT molecular complexity index is 281. The Labute approximate surface area is 83.3 Å². The summed E-state index contributed by atoms with van der Waals surface area (Å²) < 4.78 is 10.2. The van der Waals surface area contributed by atoms with Crippen molar-refractivity contribution in [2.45, 2.75) is 13.0 Å². The summed E-state index contributed by atoms with van der Waals surface area (Å²) in [6, 6.07) is -0.293. The number of nitrogens with zero attached hydrogens (tertiary/aromatic N) is 2. The molecule has 0 bridgehead atoms. The van der Waals surface area contributed by atoms with Crippen LogP contribution in [0.25, 0.3) is 0 Å². The maximum Gasteiger partial charge on any atom is 0.237 e. The van der Waals surface area contributed by atoms with Gasteiger partial charge in [0, 0.05) is 19.0 Å². The average Bonchev–Trinajstić information content (AvgIpc) is 2.25. The van der Waals surface area contributed by atoms with Gasteiger partial charge in [0.1, 0.15) is 5.69 Å². The summed E-state index contributed by atoms with van der Waals surface area (Å²) >= 11 is 0. The maximum absolute atomic E-state index is 5.85. The van der Waals surface area contributed by atoms with Crippen molar-refractivity contribution >= 4 is 0 Å². The molecule has 0 amide bonds. The highest BCUT2D eigenvalue weighted by atomic mass is 16.5. The molecule has 0 aliphatic carbocycles. The highest BCUT2D eigenvalue weighted by Crippen LogP contribution is 2.17. The van der Waals surface area contributed by atoms with Crippen LogP contribution in [0.5, 0.6) is 5.88 Å². The lowest BCUT2D eigenvalue weighted by molar-refractivity contribution is 0.131. The number of aromatic nitrogens is 2. The fraction of sp³-hybridized carbons (Fsp3) is 0.556. The lowest BCUT2D eigenvalue weighted by atomic mass is 10.2. The fourth-order valence-electron chi connectivity index (χ4n) is 1.07. The summed E-state index contributed by atoms with van der Waals surface area (Å²) in [5, 5.41) is 0. The van der Waals surface area contributed by atoms with Crippen LogP contribution in [0.4, 0.5) is 0 Å². The third-order valence-corrected chi connectivity index (χ3v) is 1.74. The Balaban J connectivity index is 2.72. The van der Waals surface area contributed by atoms with E-state index in [1.807, 2.05) is 6.92 Å². The van der Waals surface area contributed by atoms with Crippen molar-refractivity contribution in [3.8, 4) is 5.88 Å². The molecule has 0 aromatic carbocycles. The molecule has 1 unspecified atom stereocenters. The van der Waals surface area contributed by atoms with Crippen molar-refractivity contribution in [3.05, 3.63) is 18.1 Å². The molecule has 14 heavy (non-hydrogen) atoms. The Morgan fingerprint density at radius 1 is 1.43 bits per heavy atom. The van der Waals surface area contributed by atoms with E-state index < -0.39 is 0 Å². The largest absolute Gasteiger partial charge is 0.480 e. The van der Waals surface area contributed by atoms with Gasteiger partial charge in [-0.05, 0) is 6.92 Å². The van der Waals surface area contributed by atoms with Crippen molar-refractivity contribution in [2.24, 2.45) is 5.73 Å². The molecule has 1 heterocycles. The molecule has 0 aliphatic rings. The van der Waals surface area contributed by atoms with Crippen LogP contribution in [0.1, 0.15) is 18.7 Å². The van der Waals surface area contributed by atoms with Gasteiger partial charge in [-0.3, -0.25) is 4.98 Å². The standard InChI is InChI=1S/C9H15N3O2/c1-3-14-6-7(10)8-9(13-2)12-5-4-11-8/h4-5,7H,3,6,10H2,1-2H3. The summed E-state index contributed by atoms with van der Waals surface area (Å²) in [4.78, 5) is 8.12. The van der Waals surface area contributed by atoms with Gasteiger partial charge in [0.2, 0.25) is 5.88 Å². The molecule has 0 saturated heterocycles. The summed E-state index contributed by atoms with van der Waals surface area (Å²) in [7, 11) is 1.54. The fourth-order valence-corrected chi connectivity index (χ4v) is 1.07. The average molecular weight is 197 g/mol. The first-order valence-electron chi connectivity index (χ1n) is 4.47. The maximum atomic E-state index is 5.85. The Morgan fingerprint density at radius 2 is 2.14 bits per heavy atom. The SMILES string of the molecule is CCOCC(N)c1nccnc1OC. The van der Waals surface area contributed by atoms with Gasteiger partial charge < -0.3 is 15.2 Å². The molecule has 0 aliphatic heterocycles. The van der Waals surface area contributed by atoms with Gasteiger partial charge in [0.05, 0.1) is 19.8 Å². The molecule has 0 fully saturated rings. The van der Waals surface area contributed by atoms with Crippen LogP contribution in [0, 0.1) is 0 Å². The first kappa shape index (κ1) is 10.9. The third kappa shape index (κ3) is 2.65.